The highest BCUT2D eigenvalue weighted by molar-refractivity contribution is 6.08. The highest BCUT2D eigenvalue weighted by atomic mass is 16.5. The van der Waals surface area contributed by atoms with E-state index < -0.39 is 5.97 Å². The van der Waals surface area contributed by atoms with Crippen LogP contribution in [0, 0.1) is 0 Å². The molecule has 0 aliphatic heterocycles. The van der Waals surface area contributed by atoms with Crippen molar-refractivity contribution in [3.05, 3.63) is 36.0 Å². The predicted octanol–water partition coefficient (Wildman–Crippen LogP) is 1.91. The minimum atomic E-state index is -0.827. The summed E-state index contributed by atoms with van der Waals surface area (Å²) in [5.41, 5.74) is 1.22. The molecule has 0 saturated heterocycles. The van der Waals surface area contributed by atoms with Crippen LogP contribution in [0.5, 0.6) is 5.75 Å². The van der Waals surface area contributed by atoms with Gasteiger partial charge in [0.25, 0.3) is 5.91 Å². The molecule has 0 unspecified atom stereocenters. The van der Waals surface area contributed by atoms with Gasteiger partial charge in [-0.15, -0.1) is 0 Å². The van der Waals surface area contributed by atoms with Crippen LogP contribution in [-0.2, 0) is 4.79 Å². The predicted molar refractivity (Wildman–Crippen MR) is 97.5 cm³/mol. The number of aromatic nitrogens is 1. The Bertz CT molecular complexity index is 818. The zero-order valence-electron chi connectivity index (χ0n) is 14.9. The highest BCUT2D eigenvalue weighted by Crippen LogP contribution is 2.29. The SMILES string of the molecule is CCN(CC(=O)O)C1CC(NC(=O)c2c(OC)cnc3ccccc23)C1. The van der Waals surface area contributed by atoms with Crippen molar-refractivity contribution in [2.45, 2.75) is 31.8 Å². The Hall–Kier alpha value is -2.67. The van der Waals surface area contributed by atoms with E-state index in [1.165, 1.54) is 7.11 Å². The van der Waals surface area contributed by atoms with Gasteiger partial charge >= 0.3 is 5.97 Å². The minimum absolute atomic E-state index is 0.0324. The van der Waals surface area contributed by atoms with Crippen LogP contribution in [0.3, 0.4) is 0 Å². The van der Waals surface area contributed by atoms with Crippen LogP contribution in [0.15, 0.2) is 30.5 Å². The Labute approximate surface area is 152 Å². The number of carbonyl (C=O) groups is 2. The number of para-hydroxylation sites is 1. The number of nitrogens with one attached hydrogen (secondary N) is 1. The molecule has 1 amide bonds. The van der Waals surface area contributed by atoms with Gasteiger partial charge in [-0.2, -0.15) is 0 Å². The van der Waals surface area contributed by atoms with E-state index in [2.05, 4.69) is 10.3 Å². The van der Waals surface area contributed by atoms with Crippen molar-refractivity contribution in [3.8, 4) is 5.75 Å². The van der Waals surface area contributed by atoms with Crippen LogP contribution in [-0.4, -0.2) is 59.1 Å². The zero-order chi connectivity index (χ0) is 18.7. The number of benzene rings is 1. The summed E-state index contributed by atoms with van der Waals surface area (Å²) in [7, 11) is 1.52. The Morgan fingerprint density at radius 1 is 1.35 bits per heavy atom. The normalized spacial score (nSPS) is 19.2. The van der Waals surface area contributed by atoms with Gasteiger partial charge in [-0.3, -0.25) is 19.5 Å². The number of ether oxygens (including phenoxy) is 1. The third kappa shape index (κ3) is 3.62. The van der Waals surface area contributed by atoms with Crippen LogP contribution in [0.4, 0.5) is 0 Å². The Kier molecular flexibility index (Phi) is 5.37. The maximum absolute atomic E-state index is 12.8. The third-order valence-corrected chi connectivity index (χ3v) is 4.90. The first kappa shape index (κ1) is 18.1. The second-order valence-corrected chi connectivity index (χ2v) is 6.47. The first-order valence-corrected chi connectivity index (χ1v) is 8.72. The first-order valence-electron chi connectivity index (χ1n) is 8.72. The number of rotatable bonds is 7. The quantitative estimate of drug-likeness (QED) is 0.786. The number of fused-ring (bicyclic) bond motifs is 1. The van der Waals surface area contributed by atoms with Crippen LogP contribution in [0.2, 0.25) is 0 Å². The van der Waals surface area contributed by atoms with Crippen molar-refractivity contribution >= 4 is 22.8 Å². The second-order valence-electron chi connectivity index (χ2n) is 6.47. The van der Waals surface area contributed by atoms with Crippen LogP contribution < -0.4 is 10.1 Å². The van der Waals surface area contributed by atoms with Crippen LogP contribution in [0.25, 0.3) is 10.9 Å². The van der Waals surface area contributed by atoms with E-state index in [0.29, 0.717) is 17.9 Å². The fourth-order valence-electron chi connectivity index (χ4n) is 3.45. The molecule has 1 fully saturated rings. The zero-order valence-corrected chi connectivity index (χ0v) is 14.9. The number of hydrogen-bond acceptors (Lipinski definition) is 5. The minimum Gasteiger partial charge on any atom is -0.494 e. The van der Waals surface area contributed by atoms with E-state index in [0.717, 1.165) is 23.7 Å². The number of pyridine rings is 1. The van der Waals surface area contributed by atoms with E-state index >= 15 is 0 Å². The number of carboxylic acid groups (broad SMARTS) is 1. The summed E-state index contributed by atoms with van der Waals surface area (Å²) in [6.45, 7) is 2.66. The lowest BCUT2D eigenvalue weighted by molar-refractivity contribution is -0.139. The molecule has 0 spiro atoms. The lowest BCUT2D eigenvalue weighted by Crippen LogP contribution is -2.54. The van der Waals surface area contributed by atoms with E-state index in [1.54, 1.807) is 6.20 Å². The molecule has 3 rings (SSSR count). The number of hydrogen-bond donors (Lipinski definition) is 2. The maximum Gasteiger partial charge on any atom is 0.317 e. The molecule has 0 radical (unpaired) electrons. The lowest BCUT2D eigenvalue weighted by Gasteiger charge is -2.42. The Balaban J connectivity index is 1.70. The van der Waals surface area contributed by atoms with Crippen molar-refractivity contribution < 1.29 is 19.4 Å². The summed E-state index contributed by atoms with van der Waals surface area (Å²) in [5.74, 6) is -0.573. The van der Waals surface area contributed by atoms with E-state index in [9.17, 15) is 9.59 Å². The number of methoxy groups -OCH3 is 1. The van der Waals surface area contributed by atoms with E-state index in [-0.39, 0.29) is 24.5 Å². The number of amides is 1. The van der Waals surface area contributed by atoms with Gasteiger partial charge in [0.15, 0.2) is 5.75 Å². The number of aliphatic carboxylic acids is 1. The molecule has 1 heterocycles. The van der Waals surface area contributed by atoms with Gasteiger partial charge in [0, 0.05) is 17.5 Å². The molecule has 1 saturated carbocycles. The van der Waals surface area contributed by atoms with Crippen molar-refractivity contribution in [3.63, 3.8) is 0 Å². The first-order chi connectivity index (χ1) is 12.5. The van der Waals surface area contributed by atoms with Gasteiger partial charge in [-0.05, 0) is 25.5 Å². The average molecular weight is 357 g/mol. The molecule has 7 nitrogen and oxygen atoms in total. The molecule has 1 aliphatic rings. The van der Waals surface area contributed by atoms with Gasteiger partial charge < -0.3 is 15.2 Å². The van der Waals surface area contributed by atoms with Gasteiger partial charge in [0.05, 0.1) is 30.9 Å². The van der Waals surface area contributed by atoms with Crippen LogP contribution >= 0.6 is 0 Å². The topological polar surface area (TPSA) is 91.8 Å². The molecule has 2 N–H and O–H groups in total. The summed E-state index contributed by atoms with van der Waals surface area (Å²) < 4.78 is 5.33. The summed E-state index contributed by atoms with van der Waals surface area (Å²) in [6, 6.07) is 7.68. The molecule has 0 bridgehead atoms. The van der Waals surface area contributed by atoms with Crippen molar-refractivity contribution in [1.29, 1.82) is 0 Å². The smallest absolute Gasteiger partial charge is 0.317 e. The van der Waals surface area contributed by atoms with Gasteiger partial charge in [0.1, 0.15) is 0 Å². The molecule has 1 aromatic carbocycles. The molecule has 1 aromatic heterocycles. The van der Waals surface area contributed by atoms with E-state index in [4.69, 9.17) is 9.84 Å². The number of carboxylic acids is 1. The molecule has 7 heteroatoms. The lowest BCUT2D eigenvalue weighted by atomic mass is 9.85. The van der Waals surface area contributed by atoms with Crippen LogP contribution in [0.1, 0.15) is 30.1 Å². The highest BCUT2D eigenvalue weighted by Gasteiger charge is 2.35. The fourth-order valence-corrected chi connectivity index (χ4v) is 3.45. The van der Waals surface area contributed by atoms with Crippen molar-refractivity contribution in [1.82, 2.24) is 15.2 Å². The van der Waals surface area contributed by atoms with Gasteiger partial charge in [0.2, 0.25) is 0 Å². The molecular formula is C19H23N3O4. The molecule has 0 atom stereocenters. The summed E-state index contributed by atoms with van der Waals surface area (Å²) in [6.07, 6.45) is 3.06. The second kappa shape index (κ2) is 7.70. The summed E-state index contributed by atoms with van der Waals surface area (Å²) in [4.78, 5) is 30.0. The molecule has 26 heavy (non-hydrogen) atoms. The van der Waals surface area contributed by atoms with Crippen molar-refractivity contribution in [2.75, 3.05) is 20.2 Å². The summed E-state index contributed by atoms with van der Waals surface area (Å²) >= 11 is 0. The Morgan fingerprint density at radius 3 is 2.73 bits per heavy atom. The largest absolute Gasteiger partial charge is 0.494 e. The standard InChI is InChI=1S/C19H23N3O4/c1-3-22(11-17(23)24)13-8-12(9-13)21-19(25)18-14-6-4-5-7-15(14)20-10-16(18)26-2/h4-7,10,12-13H,3,8-9,11H2,1-2H3,(H,21,25)(H,23,24). The van der Waals surface area contributed by atoms with Gasteiger partial charge in [-0.1, -0.05) is 25.1 Å². The number of likely N-dealkylation sites (N-methyl/N-ethyl adjacent to an activating group) is 1. The van der Waals surface area contributed by atoms with E-state index in [1.807, 2.05) is 36.1 Å². The fraction of sp³-hybridized carbons (Fsp3) is 0.421. The molecule has 138 valence electrons. The number of carbonyl (C=O) groups excluding carboxylic acids is 1. The Morgan fingerprint density at radius 2 is 2.08 bits per heavy atom. The third-order valence-electron chi connectivity index (χ3n) is 4.90. The molecule has 1 aliphatic carbocycles. The molecular weight excluding hydrogens is 334 g/mol. The number of nitrogens with zero attached hydrogens (tertiary/aromatic N) is 2. The summed E-state index contributed by atoms with van der Waals surface area (Å²) in [5, 5.41) is 12.8. The van der Waals surface area contributed by atoms with Crippen molar-refractivity contribution in [2.24, 2.45) is 0 Å². The average Bonchev–Trinajstić information content (AvgIpc) is 2.61. The monoisotopic (exact) mass is 357 g/mol. The maximum atomic E-state index is 12.8. The molecule has 2 aromatic rings. The van der Waals surface area contributed by atoms with Gasteiger partial charge in [-0.25, -0.2) is 0 Å².